The van der Waals surface area contributed by atoms with Gasteiger partial charge < -0.3 is 5.11 Å². The quantitative estimate of drug-likeness (QED) is 0.918. The highest BCUT2D eigenvalue weighted by Crippen LogP contribution is 2.20. The Morgan fingerprint density at radius 2 is 1.70 bits per heavy atom. The average molecular weight is 276 g/mol. The lowest BCUT2D eigenvalue weighted by Crippen LogP contribution is -2.53. The zero-order valence-corrected chi connectivity index (χ0v) is 13.3. The molecule has 1 saturated heterocycles. The number of β-amino-alcohol motifs (C(OH)–C–C–N with tert-alkyl or cyclic N) is 1. The molecule has 1 atom stereocenters. The van der Waals surface area contributed by atoms with Crippen LogP contribution in [-0.2, 0) is 0 Å². The highest BCUT2D eigenvalue weighted by Gasteiger charge is 2.26. The summed E-state index contributed by atoms with van der Waals surface area (Å²) in [6, 6.07) is 8.12. The molecule has 0 saturated carbocycles. The third-order valence-corrected chi connectivity index (χ3v) is 4.30. The van der Waals surface area contributed by atoms with Gasteiger partial charge in [-0.05, 0) is 38.8 Å². The van der Waals surface area contributed by atoms with E-state index in [1.54, 1.807) is 0 Å². The van der Waals surface area contributed by atoms with Crippen LogP contribution in [0.5, 0.6) is 0 Å². The summed E-state index contributed by atoms with van der Waals surface area (Å²) >= 11 is 0. The van der Waals surface area contributed by atoms with Crippen LogP contribution in [0.15, 0.2) is 24.3 Å². The number of hydrogen-bond donors (Lipinski definition) is 1. The van der Waals surface area contributed by atoms with Crippen molar-refractivity contribution in [3.63, 3.8) is 0 Å². The molecule has 1 fully saturated rings. The van der Waals surface area contributed by atoms with E-state index in [-0.39, 0.29) is 11.6 Å². The van der Waals surface area contributed by atoms with Gasteiger partial charge in [0.25, 0.3) is 0 Å². The number of rotatable bonds is 3. The van der Waals surface area contributed by atoms with Gasteiger partial charge in [-0.2, -0.15) is 0 Å². The topological polar surface area (TPSA) is 26.7 Å². The molecule has 3 nitrogen and oxygen atoms in total. The molecule has 0 spiro atoms. The molecule has 0 radical (unpaired) electrons. The first-order chi connectivity index (χ1) is 9.38. The first kappa shape index (κ1) is 15.5. The molecule has 1 aromatic carbocycles. The Morgan fingerprint density at radius 1 is 1.10 bits per heavy atom. The van der Waals surface area contributed by atoms with E-state index in [1.165, 1.54) is 5.56 Å². The number of aliphatic hydroxyl groups excluding tert-OH is 1. The Kier molecular flexibility index (Phi) is 4.84. The maximum atomic E-state index is 10.4. The predicted molar refractivity (Wildman–Crippen MR) is 83.9 cm³/mol. The average Bonchev–Trinajstić information content (AvgIpc) is 2.38. The van der Waals surface area contributed by atoms with Crippen LogP contribution in [0.1, 0.15) is 38.0 Å². The molecular weight excluding hydrogens is 248 g/mol. The van der Waals surface area contributed by atoms with E-state index in [4.69, 9.17) is 0 Å². The van der Waals surface area contributed by atoms with Gasteiger partial charge >= 0.3 is 0 Å². The zero-order chi connectivity index (χ0) is 14.8. The van der Waals surface area contributed by atoms with E-state index in [2.05, 4.69) is 43.6 Å². The largest absolute Gasteiger partial charge is 0.387 e. The van der Waals surface area contributed by atoms with Gasteiger partial charge in [0.05, 0.1) is 6.10 Å². The molecule has 1 unspecified atom stereocenters. The minimum Gasteiger partial charge on any atom is -0.387 e. The third kappa shape index (κ3) is 3.81. The molecular formula is C17H28N2O. The lowest BCUT2D eigenvalue weighted by Gasteiger charge is -2.42. The Bertz CT molecular complexity index is 431. The van der Waals surface area contributed by atoms with Crippen molar-refractivity contribution in [1.29, 1.82) is 0 Å². The normalized spacial score (nSPS) is 20.1. The van der Waals surface area contributed by atoms with Crippen LogP contribution >= 0.6 is 0 Å². The maximum absolute atomic E-state index is 10.4. The van der Waals surface area contributed by atoms with Gasteiger partial charge in [0.1, 0.15) is 0 Å². The van der Waals surface area contributed by atoms with Crippen LogP contribution < -0.4 is 0 Å². The second-order valence-electron chi connectivity index (χ2n) is 6.83. The van der Waals surface area contributed by atoms with Crippen molar-refractivity contribution in [3.05, 3.63) is 35.4 Å². The lowest BCUT2D eigenvalue weighted by molar-refractivity contribution is 0.0361. The van der Waals surface area contributed by atoms with E-state index in [1.807, 2.05) is 18.2 Å². The first-order valence-electron chi connectivity index (χ1n) is 7.59. The smallest absolute Gasteiger partial charge is 0.0919 e. The highest BCUT2D eigenvalue weighted by atomic mass is 16.3. The summed E-state index contributed by atoms with van der Waals surface area (Å²) in [6.45, 7) is 13.9. The van der Waals surface area contributed by atoms with E-state index < -0.39 is 0 Å². The Morgan fingerprint density at radius 3 is 2.25 bits per heavy atom. The molecule has 0 amide bonds. The van der Waals surface area contributed by atoms with E-state index in [9.17, 15) is 5.11 Å². The maximum Gasteiger partial charge on any atom is 0.0919 e. The van der Waals surface area contributed by atoms with Gasteiger partial charge in [0.2, 0.25) is 0 Å². The second kappa shape index (κ2) is 6.25. The summed E-state index contributed by atoms with van der Waals surface area (Å²) in [6.07, 6.45) is -0.377. The Labute approximate surface area is 123 Å². The van der Waals surface area contributed by atoms with Gasteiger partial charge in [-0.1, -0.05) is 24.3 Å². The summed E-state index contributed by atoms with van der Waals surface area (Å²) in [5.74, 6) is 0. The van der Waals surface area contributed by atoms with Gasteiger partial charge in [0.15, 0.2) is 0 Å². The third-order valence-electron chi connectivity index (χ3n) is 4.30. The van der Waals surface area contributed by atoms with Crippen LogP contribution in [0.2, 0.25) is 0 Å². The minimum absolute atomic E-state index is 0.251. The number of nitrogens with zero attached hydrogens (tertiary/aromatic N) is 2. The standard InChI is InChI=1S/C17H28N2O/c1-14-7-5-6-8-15(14)16(20)13-18-9-11-19(12-10-18)17(2,3)4/h5-8,16,20H,9-13H2,1-4H3. The molecule has 1 N–H and O–H groups in total. The molecule has 20 heavy (non-hydrogen) atoms. The fourth-order valence-electron chi connectivity index (χ4n) is 2.90. The highest BCUT2D eigenvalue weighted by molar-refractivity contribution is 5.27. The summed E-state index contributed by atoms with van der Waals surface area (Å²) in [5.41, 5.74) is 2.49. The van der Waals surface area contributed by atoms with Crippen LogP contribution in [0.3, 0.4) is 0 Å². The molecule has 3 heteroatoms. The van der Waals surface area contributed by atoms with Crippen molar-refractivity contribution in [3.8, 4) is 0 Å². The number of benzene rings is 1. The SMILES string of the molecule is Cc1ccccc1C(O)CN1CCN(C(C)(C)C)CC1. The lowest BCUT2D eigenvalue weighted by atomic mass is 10.0. The van der Waals surface area contributed by atoms with Gasteiger partial charge in [0, 0.05) is 38.3 Å². The van der Waals surface area contributed by atoms with Crippen LogP contribution in [0, 0.1) is 6.92 Å². The summed E-state index contributed by atoms with van der Waals surface area (Å²) in [5, 5.41) is 10.4. The number of aryl methyl sites for hydroxylation is 1. The Balaban J connectivity index is 1.88. The summed E-state index contributed by atoms with van der Waals surface area (Å²) < 4.78 is 0. The molecule has 0 bridgehead atoms. The number of hydrogen-bond acceptors (Lipinski definition) is 3. The summed E-state index contributed by atoms with van der Waals surface area (Å²) in [4.78, 5) is 4.89. The van der Waals surface area contributed by atoms with Crippen molar-refractivity contribution < 1.29 is 5.11 Å². The van der Waals surface area contributed by atoms with Crippen molar-refractivity contribution in [2.75, 3.05) is 32.7 Å². The molecule has 112 valence electrons. The fraction of sp³-hybridized carbons (Fsp3) is 0.647. The number of aliphatic hydroxyl groups is 1. The van der Waals surface area contributed by atoms with Crippen molar-refractivity contribution in [2.24, 2.45) is 0 Å². The molecule has 0 aliphatic carbocycles. The zero-order valence-electron chi connectivity index (χ0n) is 13.3. The second-order valence-corrected chi connectivity index (χ2v) is 6.83. The molecule has 2 rings (SSSR count). The molecule has 1 aliphatic heterocycles. The predicted octanol–water partition coefficient (Wildman–Crippen LogP) is 2.44. The van der Waals surface area contributed by atoms with Crippen LogP contribution in [0.4, 0.5) is 0 Å². The fourth-order valence-corrected chi connectivity index (χ4v) is 2.90. The number of piperazine rings is 1. The van der Waals surface area contributed by atoms with E-state index >= 15 is 0 Å². The van der Waals surface area contributed by atoms with Crippen LogP contribution in [-0.4, -0.2) is 53.2 Å². The molecule has 0 aromatic heterocycles. The summed E-state index contributed by atoms with van der Waals surface area (Å²) in [7, 11) is 0. The van der Waals surface area contributed by atoms with E-state index in [0.29, 0.717) is 0 Å². The van der Waals surface area contributed by atoms with Gasteiger partial charge in [-0.3, -0.25) is 9.80 Å². The van der Waals surface area contributed by atoms with Crippen molar-refractivity contribution in [2.45, 2.75) is 39.3 Å². The van der Waals surface area contributed by atoms with Crippen LogP contribution in [0.25, 0.3) is 0 Å². The molecule has 1 heterocycles. The van der Waals surface area contributed by atoms with Gasteiger partial charge in [-0.25, -0.2) is 0 Å². The minimum atomic E-state index is -0.377. The van der Waals surface area contributed by atoms with E-state index in [0.717, 1.165) is 38.3 Å². The molecule has 1 aliphatic rings. The molecule has 1 aromatic rings. The first-order valence-corrected chi connectivity index (χ1v) is 7.59. The van der Waals surface area contributed by atoms with Crippen molar-refractivity contribution >= 4 is 0 Å². The Hall–Kier alpha value is -0.900. The van der Waals surface area contributed by atoms with Crippen molar-refractivity contribution in [1.82, 2.24) is 9.80 Å². The van der Waals surface area contributed by atoms with Gasteiger partial charge in [-0.15, -0.1) is 0 Å². The monoisotopic (exact) mass is 276 g/mol.